The van der Waals surface area contributed by atoms with Gasteiger partial charge in [0.1, 0.15) is 4.99 Å². The van der Waals surface area contributed by atoms with E-state index >= 15 is 0 Å². The SMILES string of the molecule is CN(CCN1CCCC1)c1ccccc1C(N)=S. The zero-order chi connectivity index (χ0) is 13.0. The lowest BCUT2D eigenvalue weighted by atomic mass is 10.1. The number of benzene rings is 1. The highest BCUT2D eigenvalue weighted by Gasteiger charge is 2.13. The number of hydrogen-bond donors (Lipinski definition) is 1. The molecule has 2 N–H and O–H groups in total. The van der Waals surface area contributed by atoms with Gasteiger partial charge in [0, 0.05) is 31.4 Å². The molecule has 0 spiro atoms. The fraction of sp³-hybridized carbons (Fsp3) is 0.500. The molecule has 0 unspecified atom stereocenters. The van der Waals surface area contributed by atoms with Gasteiger partial charge in [-0.3, -0.25) is 0 Å². The lowest BCUT2D eigenvalue weighted by molar-refractivity contribution is 0.346. The zero-order valence-electron chi connectivity index (χ0n) is 10.9. The molecule has 0 saturated carbocycles. The third-order valence-corrected chi connectivity index (χ3v) is 3.75. The first-order chi connectivity index (χ1) is 8.68. The monoisotopic (exact) mass is 263 g/mol. The Balaban J connectivity index is 1.99. The molecular weight excluding hydrogens is 242 g/mol. The lowest BCUT2D eigenvalue weighted by Crippen LogP contribution is -2.32. The van der Waals surface area contributed by atoms with Crippen molar-refractivity contribution < 1.29 is 0 Å². The third kappa shape index (κ3) is 3.21. The minimum Gasteiger partial charge on any atom is -0.389 e. The van der Waals surface area contributed by atoms with Crippen LogP contribution < -0.4 is 10.6 Å². The van der Waals surface area contributed by atoms with Gasteiger partial charge in [-0.05, 0) is 38.1 Å². The average molecular weight is 263 g/mol. The van der Waals surface area contributed by atoms with E-state index in [2.05, 4.69) is 22.9 Å². The molecule has 3 nitrogen and oxygen atoms in total. The van der Waals surface area contributed by atoms with Crippen molar-refractivity contribution in [2.45, 2.75) is 12.8 Å². The van der Waals surface area contributed by atoms with Crippen LogP contribution in [-0.2, 0) is 0 Å². The molecule has 0 radical (unpaired) electrons. The fourth-order valence-corrected chi connectivity index (χ4v) is 2.61. The van der Waals surface area contributed by atoms with Crippen molar-refractivity contribution in [2.75, 3.05) is 38.1 Å². The van der Waals surface area contributed by atoms with Crippen LogP contribution in [0.2, 0.25) is 0 Å². The third-order valence-electron chi connectivity index (χ3n) is 3.53. The quantitative estimate of drug-likeness (QED) is 0.822. The molecule has 1 aromatic rings. The highest BCUT2D eigenvalue weighted by atomic mass is 32.1. The second-order valence-electron chi connectivity index (χ2n) is 4.85. The predicted octanol–water partition coefficient (Wildman–Crippen LogP) is 1.85. The Hall–Kier alpha value is -1.13. The van der Waals surface area contributed by atoms with Gasteiger partial charge in [-0.1, -0.05) is 24.4 Å². The van der Waals surface area contributed by atoms with Gasteiger partial charge in [-0.15, -0.1) is 0 Å². The first-order valence-corrected chi connectivity index (χ1v) is 6.91. The van der Waals surface area contributed by atoms with E-state index in [1.165, 1.54) is 25.9 Å². The van der Waals surface area contributed by atoms with E-state index in [1.54, 1.807) is 0 Å². The standard InChI is InChI=1S/C14H21N3S/c1-16(10-11-17-8-4-5-9-17)13-7-3-2-6-12(13)14(15)18/h2-3,6-7H,4-5,8-11H2,1H3,(H2,15,18). The Labute approximate surface area is 115 Å². The Kier molecular flexibility index (Phi) is 4.55. The normalized spacial score (nSPS) is 15.8. The molecule has 1 fully saturated rings. The Morgan fingerprint density at radius 2 is 2.00 bits per heavy atom. The molecule has 0 aromatic heterocycles. The van der Waals surface area contributed by atoms with Crippen LogP contribution in [-0.4, -0.2) is 43.1 Å². The summed E-state index contributed by atoms with van der Waals surface area (Å²) in [6.45, 7) is 4.61. The molecule has 0 bridgehead atoms. The van der Waals surface area contributed by atoms with Gasteiger partial charge < -0.3 is 15.5 Å². The van der Waals surface area contributed by atoms with Crippen molar-refractivity contribution in [3.05, 3.63) is 29.8 Å². The summed E-state index contributed by atoms with van der Waals surface area (Å²) in [4.78, 5) is 5.23. The van der Waals surface area contributed by atoms with E-state index in [0.29, 0.717) is 4.99 Å². The molecule has 0 amide bonds. The number of hydrogen-bond acceptors (Lipinski definition) is 3. The highest BCUT2D eigenvalue weighted by molar-refractivity contribution is 7.80. The van der Waals surface area contributed by atoms with Crippen LogP contribution in [0.4, 0.5) is 5.69 Å². The zero-order valence-corrected chi connectivity index (χ0v) is 11.7. The van der Waals surface area contributed by atoms with Crippen LogP contribution in [0.5, 0.6) is 0 Å². The molecule has 2 rings (SSSR count). The number of thiocarbonyl (C=S) groups is 1. The van der Waals surface area contributed by atoms with Gasteiger partial charge in [-0.25, -0.2) is 0 Å². The van der Waals surface area contributed by atoms with E-state index in [9.17, 15) is 0 Å². The topological polar surface area (TPSA) is 32.5 Å². The van der Waals surface area contributed by atoms with E-state index in [4.69, 9.17) is 18.0 Å². The van der Waals surface area contributed by atoms with Crippen LogP contribution in [0.3, 0.4) is 0 Å². The molecule has 1 heterocycles. The lowest BCUT2D eigenvalue weighted by Gasteiger charge is -2.25. The van der Waals surface area contributed by atoms with Crippen molar-refractivity contribution in [1.82, 2.24) is 4.90 Å². The van der Waals surface area contributed by atoms with Crippen LogP contribution in [0.1, 0.15) is 18.4 Å². The van der Waals surface area contributed by atoms with Crippen molar-refractivity contribution >= 4 is 22.9 Å². The van der Waals surface area contributed by atoms with Crippen LogP contribution in [0.15, 0.2) is 24.3 Å². The summed E-state index contributed by atoms with van der Waals surface area (Å²) in [7, 11) is 2.10. The minimum atomic E-state index is 0.471. The molecule has 1 aliphatic heterocycles. The summed E-state index contributed by atoms with van der Waals surface area (Å²) in [5.41, 5.74) is 7.86. The van der Waals surface area contributed by atoms with E-state index in [0.717, 1.165) is 24.3 Å². The number of nitrogens with two attached hydrogens (primary N) is 1. The van der Waals surface area contributed by atoms with Crippen molar-refractivity contribution in [1.29, 1.82) is 0 Å². The highest BCUT2D eigenvalue weighted by Crippen LogP contribution is 2.19. The Morgan fingerprint density at radius 1 is 1.33 bits per heavy atom. The van der Waals surface area contributed by atoms with Gasteiger partial charge in [-0.2, -0.15) is 0 Å². The van der Waals surface area contributed by atoms with Gasteiger partial charge >= 0.3 is 0 Å². The second-order valence-corrected chi connectivity index (χ2v) is 5.29. The molecule has 0 atom stereocenters. The van der Waals surface area contributed by atoms with Gasteiger partial charge in [0.2, 0.25) is 0 Å². The summed E-state index contributed by atoms with van der Waals surface area (Å²) in [6.07, 6.45) is 2.68. The molecule has 0 aliphatic carbocycles. The summed E-state index contributed by atoms with van der Waals surface area (Å²) in [6, 6.07) is 8.08. The van der Waals surface area contributed by atoms with E-state index in [-0.39, 0.29) is 0 Å². The number of likely N-dealkylation sites (N-methyl/N-ethyl adjacent to an activating group) is 1. The fourth-order valence-electron chi connectivity index (χ4n) is 2.43. The predicted molar refractivity (Wildman–Crippen MR) is 81.3 cm³/mol. The van der Waals surface area contributed by atoms with E-state index in [1.807, 2.05) is 18.2 Å². The Morgan fingerprint density at radius 3 is 2.67 bits per heavy atom. The molecule has 1 aliphatic rings. The maximum Gasteiger partial charge on any atom is 0.106 e. The Bertz CT molecular complexity index is 413. The molecule has 18 heavy (non-hydrogen) atoms. The van der Waals surface area contributed by atoms with Crippen molar-refractivity contribution in [2.24, 2.45) is 5.73 Å². The van der Waals surface area contributed by atoms with Crippen LogP contribution in [0.25, 0.3) is 0 Å². The number of rotatable bonds is 5. The van der Waals surface area contributed by atoms with Gasteiger partial charge in [0.15, 0.2) is 0 Å². The number of nitrogens with zero attached hydrogens (tertiary/aromatic N) is 2. The molecule has 1 saturated heterocycles. The number of para-hydroxylation sites is 1. The van der Waals surface area contributed by atoms with E-state index < -0.39 is 0 Å². The van der Waals surface area contributed by atoms with Gasteiger partial charge in [0.25, 0.3) is 0 Å². The van der Waals surface area contributed by atoms with Crippen LogP contribution in [0, 0.1) is 0 Å². The van der Waals surface area contributed by atoms with Crippen LogP contribution >= 0.6 is 12.2 Å². The molecule has 4 heteroatoms. The maximum absolute atomic E-state index is 5.77. The smallest absolute Gasteiger partial charge is 0.106 e. The average Bonchev–Trinajstić information content (AvgIpc) is 2.89. The second kappa shape index (κ2) is 6.16. The number of anilines is 1. The maximum atomic E-state index is 5.77. The molecule has 1 aromatic carbocycles. The summed E-state index contributed by atoms with van der Waals surface area (Å²) < 4.78 is 0. The number of likely N-dealkylation sites (tertiary alicyclic amines) is 1. The van der Waals surface area contributed by atoms with Crippen molar-refractivity contribution in [3.8, 4) is 0 Å². The summed E-state index contributed by atoms with van der Waals surface area (Å²) in [5, 5.41) is 0. The molecule has 98 valence electrons. The summed E-state index contributed by atoms with van der Waals surface area (Å²) >= 11 is 5.10. The van der Waals surface area contributed by atoms with Gasteiger partial charge in [0.05, 0.1) is 0 Å². The molecular formula is C14H21N3S. The minimum absolute atomic E-state index is 0.471. The van der Waals surface area contributed by atoms with Crippen molar-refractivity contribution in [3.63, 3.8) is 0 Å². The largest absolute Gasteiger partial charge is 0.389 e. The summed E-state index contributed by atoms with van der Waals surface area (Å²) in [5.74, 6) is 0. The first kappa shape index (κ1) is 13.3. The first-order valence-electron chi connectivity index (χ1n) is 6.51.